The van der Waals surface area contributed by atoms with E-state index in [1.165, 1.54) is 49.6 Å². The van der Waals surface area contributed by atoms with Crippen molar-refractivity contribution in [3.05, 3.63) is 103 Å². The molecule has 170 valence electrons. The number of nitrogens with zero attached hydrogens (tertiary/aromatic N) is 3. The molecule has 0 aliphatic rings. The van der Waals surface area contributed by atoms with E-state index >= 15 is 0 Å². The predicted molar refractivity (Wildman–Crippen MR) is 118 cm³/mol. The lowest BCUT2D eigenvalue weighted by Crippen LogP contribution is -2.10. The van der Waals surface area contributed by atoms with Gasteiger partial charge in [0.25, 0.3) is 11.4 Å². The smallest absolute Gasteiger partial charge is 0.344 e. The number of rotatable bonds is 7. The molecule has 0 aliphatic carbocycles. The summed E-state index contributed by atoms with van der Waals surface area (Å²) < 4.78 is 24.5. The molecule has 0 heterocycles. The Labute approximate surface area is 191 Å². The summed E-state index contributed by atoms with van der Waals surface area (Å²) in [5.74, 6) is -1.67. The number of carbonyl (C=O) groups is 1. The van der Waals surface area contributed by atoms with Gasteiger partial charge in [-0.1, -0.05) is 24.3 Å². The normalized spacial score (nSPS) is 10.8. The van der Waals surface area contributed by atoms with E-state index in [0.717, 1.165) is 18.2 Å². The highest BCUT2D eigenvalue weighted by Crippen LogP contribution is 2.32. The first-order valence-corrected chi connectivity index (χ1v) is 9.44. The van der Waals surface area contributed by atoms with Crippen molar-refractivity contribution in [1.82, 2.24) is 0 Å². The van der Waals surface area contributed by atoms with Gasteiger partial charge in [-0.3, -0.25) is 20.2 Å². The van der Waals surface area contributed by atoms with E-state index in [0.29, 0.717) is 5.56 Å². The quantitative estimate of drug-likeness (QED) is 0.120. The van der Waals surface area contributed by atoms with Gasteiger partial charge in [0, 0.05) is 17.7 Å². The van der Waals surface area contributed by atoms with Crippen LogP contribution in [0.15, 0.2) is 60.7 Å². The number of non-ortho nitro benzene ring substituents is 2. The molecule has 0 fully saturated rings. The van der Waals surface area contributed by atoms with Crippen molar-refractivity contribution >= 4 is 29.0 Å². The Morgan fingerprint density at radius 3 is 2.21 bits per heavy atom. The van der Waals surface area contributed by atoms with Crippen LogP contribution in [0.1, 0.15) is 21.5 Å². The Morgan fingerprint density at radius 1 is 1.00 bits per heavy atom. The van der Waals surface area contributed by atoms with Gasteiger partial charge in [-0.25, -0.2) is 9.18 Å². The van der Waals surface area contributed by atoms with Gasteiger partial charge in [-0.2, -0.15) is 5.26 Å². The number of esters is 1. The molecule has 0 aromatic heterocycles. The highest BCUT2D eigenvalue weighted by molar-refractivity contribution is 5.93. The molecule has 0 atom stereocenters. The highest BCUT2D eigenvalue weighted by atomic mass is 19.1. The van der Waals surface area contributed by atoms with E-state index in [2.05, 4.69) is 0 Å². The first kappa shape index (κ1) is 23.6. The van der Waals surface area contributed by atoms with Crippen LogP contribution in [-0.4, -0.2) is 22.9 Å². The molecule has 0 saturated heterocycles. The number of methoxy groups -OCH3 is 1. The molecule has 0 unspecified atom stereocenters. The van der Waals surface area contributed by atoms with Crippen LogP contribution in [0.3, 0.4) is 0 Å². The van der Waals surface area contributed by atoms with Gasteiger partial charge in [-0.15, -0.1) is 0 Å². The third-order valence-corrected chi connectivity index (χ3v) is 4.55. The van der Waals surface area contributed by atoms with Crippen molar-refractivity contribution in [1.29, 1.82) is 5.26 Å². The lowest BCUT2D eigenvalue weighted by Gasteiger charge is -2.10. The van der Waals surface area contributed by atoms with Crippen LogP contribution >= 0.6 is 0 Å². The van der Waals surface area contributed by atoms with Crippen molar-refractivity contribution in [3.63, 3.8) is 0 Å². The van der Waals surface area contributed by atoms with Crippen molar-refractivity contribution in [2.75, 3.05) is 7.11 Å². The number of hydrogen-bond acceptors (Lipinski definition) is 8. The zero-order valence-corrected chi connectivity index (χ0v) is 17.4. The summed E-state index contributed by atoms with van der Waals surface area (Å²) >= 11 is 0. The number of nitro benzene ring substituents is 2. The van der Waals surface area contributed by atoms with E-state index in [1.54, 1.807) is 6.07 Å². The fourth-order valence-electron chi connectivity index (χ4n) is 2.96. The Hall–Kier alpha value is -5.11. The van der Waals surface area contributed by atoms with Crippen molar-refractivity contribution in [2.24, 2.45) is 0 Å². The monoisotopic (exact) mass is 463 g/mol. The van der Waals surface area contributed by atoms with Crippen molar-refractivity contribution in [3.8, 4) is 17.6 Å². The standard InChI is InChI=1S/C23H14FN3O7/c1-33-22-9-14(8-16(13-25)19-4-2-3-5-20(19)24)6-7-21(22)34-23(28)15-10-17(26(29)30)12-18(11-15)27(31)32/h2-12H,1H3/b16-8-. The van der Waals surface area contributed by atoms with Crippen LogP contribution in [-0.2, 0) is 0 Å². The van der Waals surface area contributed by atoms with Gasteiger partial charge >= 0.3 is 5.97 Å². The predicted octanol–water partition coefficient (Wildman–Crippen LogP) is 4.93. The Bertz CT molecular complexity index is 1350. The molecule has 3 rings (SSSR count). The molecular formula is C23H14FN3O7. The van der Waals surface area contributed by atoms with Gasteiger partial charge in [0.05, 0.1) is 40.2 Å². The molecule has 3 aromatic rings. The molecule has 0 amide bonds. The van der Waals surface area contributed by atoms with Gasteiger partial charge in [-0.05, 0) is 29.8 Å². The highest BCUT2D eigenvalue weighted by Gasteiger charge is 2.22. The molecule has 0 spiro atoms. The zero-order chi connectivity index (χ0) is 24.8. The first-order chi connectivity index (χ1) is 16.2. The summed E-state index contributed by atoms with van der Waals surface area (Å²) in [5.41, 5.74) is -1.11. The fraction of sp³-hybridized carbons (Fsp3) is 0.0435. The first-order valence-electron chi connectivity index (χ1n) is 9.44. The van der Waals surface area contributed by atoms with Crippen LogP contribution in [0.4, 0.5) is 15.8 Å². The molecule has 11 heteroatoms. The maximum atomic E-state index is 14.0. The van der Waals surface area contributed by atoms with E-state index in [4.69, 9.17) is 9.47 Å². The average molecular weight is 463 g/mol. The molecule has 0 N–H and O–H groups in total. The number of allylic oxidation sites excluding steroid dienone is 1. The molecule has 34 heavy (non-hydrogen) atoms. The van der Waals surface area contributed by atoms with Crippen LogP contribution in [0, 0.1) is 37.4 Å². The van der Waals surface area contributed by atoms with Gasteiger partial charge in [0.2, 0.25) is 0 Å². The molecule has 3 aromatic carbocycles. The lowest BCUT2D eigenvalue weighted by molar-refractivity contribution is -0.394. The number of carbonyl (C=O) groups excluding carboxylic acids is 1. The minimum atomic E-state index is -1.09. The minimum Gasteiger partial charge on any atom is -0.493 e. The van der Waals surface area contributed by atoms with Gasteiger partial charge in [0.15, 0.2) is 11.5 Å². The Kier molecular flexibility index (Phi) is 6.93. The summed E-state index contributed by atoms with van der Waals surface area (Å²) in [7, 11) is 1.29. The number of benzene rings is 3. The van der Waals surface area contributed by atoms with E-state index < -0.39 is 38.6 Å². The lowest BCUT2D eigenvalue weighted by atomic mass is 10.0. The number of nitro groups is 2. The molecule has 0 saturated carbocycles. The van der Waals surface area contributed by atoms with Crippen LogP contribution in [0.2, 0.25) is 0 Å². The van der Waals surface area contributed by atoms with Gasteiger partial charge in [0.1, 0.15) is 5.82 Å². The molecule has 0 aliphatic heterocycles. The zero-order valence-electron chi connectivity index (χ0n) is 17.4. The van der Waals surface area contributed by atoms with E-state index in [-0.39, 0.29) is 22.6 Å². The summed E-state index contributed by atoms with van der Waals surface area (Å²) in [6, 6.07) is 14.4. The third-order valence-electron chi connectivity index (χ3n) is 4.55. The number of nitriles is 1. The second kappa shape index (κ2) is 10.0. The maximum absolute atomic E-state index is 14.0. The topological polar surface area (TPSA) is 146 Å². The summed E-state index contributed by atoms with van der Waals surface area (Å²) in [6.07, 6.45) is 1.41. The minimum absolute atomic E-state index is 0.0498. The van der Waals surface area contributed by atoms with E-state index in [1.807, 2.05) is 6.07 Å². The Morgan fingerprint density at radius 2 is 1.65 bits per heavy atom. The molecule has 0 bridgehead atoms. The van der Waals surface area contributed by atoms with E-state index in [9.17, 15) is 34.7 Å². The second-order valence-electron chi connectivity index (χ2n) is 6.70. The number of hydrogen-bond donors (Lipinski definition) is 0. The summed E-state index contributed by atoms with van der Waals surface area (Å²) in [6.45, 7) is 0. The largest absolute Gasteiger partial charge is 0.493 e. The summed E-state index contributed by atoms with van der Waals surface area (Å²) in [5, 5.41) is 31.5. The molecular weight excluding hydrogens is 449 g/mol. The van der Waals surface area contributed by atoms with Crippen LogP contribution in [0.25, 0.3) is 11.6 Å². The number of halogens is 1. The second-order valence-corrected chi connectivity index (χ2v) is 6.70. The Balaban J connectivity index is 1.93. The fourth-order valence-corrected chi connectivity index (χ4v) is 2.96. The molecule has 10 nitrogen and oxygen atoms in total. The van der Waals surface area contributed by atoms with Crippen LogP contribution in [0.5, 0.6) is 11.5 Å². The van der Waals surface area contributed by atoms with Gasteiger partial charge < -0.3 is 9.47 Å². The maximum Gasteiger partial charge on any atom is 0.344 e. The average Bonchev–Trinajstić information content (AvgIpc) is 2.83. The summed E-state index contributed by atoms with van der Waals surface area (Å²) in [4.78, 5) is 32.9. The third kappa shape index (κ3) is 5.20. The van der Waals surface area contributed by atoms with Crippen molar-refractivity contribution in [2.45, 2.75) is 0 Å². The molecule has 0 radical (unpaired) electrons. The van der Waals surface area contributed by atoms with Crippen molar-refractivity contribution < 1.29 is 28.5 Å². The van der Waals surface area contributed by atoms with Crippen LogP contribution < -0.4 is 9.47 Å². The SMILES string of the molecule is COc1cc(/C=C(/C#N)c2ccccc2F)ccc1OC(=O)c1cc([N+](=O)[O-])cc([N+](=O)[O-])c1. The number of ether oxygens (including phenoxy) is 2.